The molecule has 11 heteroatoms. The number of aromatic nitrogens is 1. The number of hydrogen-bond acceptors (Lipinski definition) is 6. The number of para-hydroxylation sites is 1. The molecule has 1 aromatic carbocycles. The number of carbonyl (C=O) groups is 4. The summed E-state index contributed by atoms with van der Waals surface area (Å²) in [7, 11) is 0. The molecule has 208 valence electrons. The first-order chi connectivity index (χ1) is 18.2. The van der Waals surface area contributed by atoms with Crippen LogP contribution < -0.4 is 16.4 Å². The lowest BCUT2D eigenvalue weighted by atomic mass is 9.98. The zero-order valence-corrected chi connectivity index (χ0v) is 23.1. The molecule has 3 rings (SSSR count). The molecule has 10 nitrogen and oxygen atoms in total. The quantitative estimate of drug-likeness (QED) is 0.257. The second-order valence-electron chi connectivity index (χ2n) is 9.91. The molecule has 5 unspecified atom stereocenters. The van der Waals surface area contributed by atoms with E-state index < -0.39 is 42.0 Å². The van der Waals surface area contributed by atoms with Crippen molar-refractivity contribution in [3.63, 3.8) is 0 Å². The number of carboxylic acids is 1. The van der Waals surface area contributed by atoms with Crippen LogP contribution in [0.4, 0.5) is 0 Å². The lowest BCUT2D eigenvalue weighted by Crippen LogP contribution is -2.57. The van der Waals surface area contributed by atoms with Gasteiger partial charge in [0.1, 0.15) is 18.1 Å². The van der Waals surface area contributed by atoms with Crippen molar-refractivity contribution in [2.45, 2.75) is 70.1 Å². The number of benzene rings is 1. The minimum Gasteiger partial charge on any atom is -0.480 e. The predicted octanol–water partition coefficient (Wildman–Crippen LogP) is 1.88. The summed E-state index contributed by atoms with van der Waals surface area (Å²) in [5.74, 6) is -1.97. The van der Waals surface area contributed by atoms with Crippen molar-refractivity contribution in [2.75, 3.05) is 18.6 Å². The van der Waals surface area contributed by atoms with E-state index in [1.807, 2.05) is 37.4 Å². The Balaban J connectivity index is 1.82. The third-order valence-electron chi connectivity index (χ3n) is 7.30. The first-order valence-corrected chi connectivity index (χ1v) is 14.5. The van der Waals surface area contributed by atoms with E-state index in [4.69, 9.17) is 5.73 Å². The molecule has 1 fully saturated rings. The molecule has 0 spiro atoms. The van der Waals surface area contributed by atoms with Gasteiger partial charge in [0.05, 0.1) is 6.04 Å². The van der Waals surface area contributed by atoms with Crippen molar-refractivity contribution in [3.05, 3.63) is 36.0 Å². The SMILES string of the molecule is CCC(C)C(NC(=O)C(Cc1c[nH]c2ccccc12)NC(=O)C1CCCN1C(=O)C(N)CCSC)C(=O)O. The molecule has 0 aliphatic carbocycles. The third-order valence-corrected chi connectivity index (χ3v) is 7.94. The number of amides is 3. The second kappa shape index (κ2) is 13.7. The fourth-order valence-corrected chi connectivity index (χ4v) is 5.31. The number of nitrogens with two attached hydrogens (primary N) is 1. The van der Waals surface area contributed by atoms with E-state index in [-0.39, 0.29) is 18.2 Å². The van der Waals surface area contributed by atoms with Crippen molar-refractivity contribution in [1.29, 1.82) is 0 Å². The van der Waals surface area contributed by atoms with Crippen LogP contribution in [0, 0.1) is 5.92 Å². The fourth-order valence-electron chi connectivity index (χ4n) is 4.82. The van der Waals surface area contributed by atoms with Crippen LogP contribution in [0.3, 0.4) is 0 Å². The minimum absolute atomic E-state index is 0.155. The maximum Gasteiger partial charge on any atom is 0.326 e. The number of nitrogens with zero attached hydrogens (tertiary/aromatic N) is 1. The highest BCUT2D eigenvalue weighted by molar-refractivity contribution is 7.98. The zero-order chi connectivity index (χ0) is 27.8. The van der Waals surface area contributed by atoms with Crippen LogP contribution in [0.25, 0.3) is 10.9 Å². The van der Waals surface area contributed by atoms with Gasteiger partial charge in [-0.25, -0.2) is 4.79 Å². The van der Waals surface area contributed by atoms with Crippen LogP contribution in [-0.4, -0.2) is 81.4 Å². The van der Waals surface area contributed by atoms with Gasteiger partial charge in [-0.2, -0.15) is 11.8 Å². The molecule has 1 aliphatic rings. The Labute approximate surface area is 227 Å². The summed E-state index contributed by atoms with van der Waals surface area (Å²) < 4.78 is 0. The Bertz CT molecular complexity index is 1140. The number of fused-ring (bicyclic) bond motifs is 1. The fraction of sp³-hybridized carbons (Fsp3) is 0.556. The molecular weight excluding hydrogens is 506 g/mol. The largest absolute Gasteiger partial charge is 0.480 e. The number of carboxylic acid groups (broad SMARTS) is 1. The molecule has 3 amide bonds. The van der Waals surface area contributed by atoms with Gasteiger partial charge in [0, 0.05) is 30.1 Å². The van der Waals surface area contributed by atoms with Gasteiger partial charge in [-0.05, 0) is 48.8 Å². The first-order valence-electron chi connectivity index (χ1n) is 13.1. The van der Waals surface area contributed by atoms with E-state index in [0.717, 1.165) is 22.2 Å². The van der Waals surface area contributed by atoms with Crippen LogP contribution >= 0.6 is 11.8 Å². The molecule has 1 aliphatic heterocycles. The average molecular weight is 546 g/mol. The number of nitrogens with one attached hydrogen (secondary N) is 3. The number of thioether (sulfide) groups is 1. The highest BCUT2D eigenvalue weighted by Gasteiger charge is 2.38. The Morgan fingerprint density at radius 2 is 1.97 bits per heavy atom. The molecule has 5 atom stereocenters. The maximum atomic E-state index is 13.5. The molecule has 1 saturated heterocycles. The Hall–Kier alpha value is -3.05. The Morgan fingerprint density at radius 3 is 2.66 bits per heavy atom. The van der Waals surface area contributed by atoms with Crippen molar-refractivity contribution in [2.24, 2.45) is 11.7 Å². The van der Waals surface area contributed by atoms with Gasteiger partial charge in [0.2, 0.25) is 17.7 Å². The van der Waals surface area contributed by atoms with Crippen LogP contribution in [0.2, 0.25) is 0 Å². The summed E-state index contributed by atoms with van der Waals surface area (Å²) in [5.41, 5.74) is 7.81. The Morgan fingerprint density at radius 1 is 1.24 bits per heavy atom. The average Bonchev–Trinajstić information content (AvgIpc) is 3.56. The monoisotopic (exact) mass is 545 g/mol. The molecule has 0 saturated carbocycles. The summed E-state index contributed by atoms with van der Waals surface area (Å²) >= 11 is 1.60. The summed E-state index contributed by atoms with van der Waals surface area (Å²) in [5, 5.41) is 16.1. The van der Waals surface area contributed by atoms with Gasteiger partial charge < -0.3 is 31.4 Å². The second-order valence-corrected chi connectivity index (χ2v) is 10.9. The van der Waals surface area contributed by atoms with E-state index in [2.05, 4.69) is 15.6 Å². The number of carbonyl (C=O) groups excluding carboxylic acids is 3. The van der Waals surface area contributed by atoms with Gasteiger partial charge in [-0.3, -0.25) is 14.4 Å². The van der Waals surface area contributed by atoms with E-state index in [0.29, 0.717) is 32.2 Å². The van der Waals surface area contributed by atoms with Gasteiger partial charge in [-0.15, -0.1) is 0 Å². The van der Waals surface area contributed by atoms with E-state index in [9.17, 15) is 24.3 Å². The number of rotatable bonds is 13. The molecule has 1 aromatic heterocycles. The van der Waals surface area contributed by atoms with Gasteiger partial charge in [0.25, 0.3) is 0 Å². The molecule has 2 heterocycles. The van der Waals surface area contributed by atoms with E-state index in [1.54, 1.807) is 24.9 Å². The molecule has 2 aromatic rings. The molecule has 38 heavy (non-hydrogen) atoms. The van der Waals surface area contributed by atoms with Crippen LogP contribution in [0.5, 0.6) is 0 Å². The normalized spacial score (nSPS) is 18.5. The number of likely N-dealkylation sites (tertiary alicyclic amines) is 1. The highest BCUT2D eigenvalue weighted by atomic mass is 32.2. The lowest BCUT2D eigenvalue weighted by molar-refractivity contribution is -0.144. The van der Waals surface area contributed by atoms with Crippen molar-refractivity contribution in [1.82, 2.24) is 20.5 Å². The molecule has 0 radical (unpaired) electrons. The van der Waals surface area contributed by atoms with Crippen molar-refractivity contribution in [3.8, 4) is 0 Å². The van der Waals surface area contributed by atoms with Crippen LogP contribution in [0.1, 0.15) is 45.1 Å². The number of aromatic amines is 1. The summed E-state index contributed by atoms with van der Waals surface area (Å²) in [6, 6.07) is 4.08. The molecular formula is C27H39N5O5S. The Kier molecular flexibility index (Phi) is 10.6. The number of H-pyrrole nitrogens is 1. The molecule has 0 bridgehead atoms. The maximum absolute atomic E-state index is 13.5. The number of hydrogen-bond donors (Lipinski definition) is 5. The summed E-state index contributed by atoms with van der Waals surface area (Å²) in [4.78, 5) is 56.4. The zero-order valence-electron chi connectivity index (χ0n) is 22.2. The van der Waals surface area contributed by atoms with Crippen LogP contribution in [0.15, 0.2) is 30.5 Å². The van der Waals surface area contributed by atoms with Gasteiger partial charge in [0.15, 0.2) is 0 Å². The van der Waals surface area contributed by atoms with E-state index in [1.165, 1.54) is 4.90 Å². The predicted molar refractivity (Wildman–Crippen MR) is 149 cm³/mol. The lowest BCUT2D eigenvalue weighted by Gasteiger charge is -2.29. The standard InChI is InChI=1S/C27H39N5O5S/c1-4-16(2)23(27(36)37)31-24(33)21(14-17-15-29-20-9-6-5-8-18(17)20)30-25(34)22-10-7-12-32(22)26(35)19(28)11-13-38-3/h5-6,8-9,15-16,19,21-23,29H,4,7,10-14,28H2,1-3H3,(H,30,34)(H,31,33)(H,36,37). The van der Waals surface area contributed by atoms with Crippen LogP contribution in [-0.2, 0) is 25.6 Å². The summed E-state index contributed by atoms with van der Waals surface area (Å²) in [6.45, 7) is 4.04. The summed E-state index contributed by atoms with van der Waals surface area (Å²) in [6.07, 6.45) is 6.10. The van der Waals surface area contributed by atoms with Gasteiger partial charge in [-0.1, -0.05) is 38.5 Å². The van der Waals surface area contributed by atoms with E-state index >= 15 is 0 Å². The number of aliphatic carboxylic acids is 1. The minimum atomic E-state index is -1.13. The smallest absolute Gasteiger partial charge is 0.326 e. The first kappa shape index (κ1) is 29.5. The third kappa shape index (κ3) is 7.08. The highest BCUT2D eigenvalue weighted by Crippen LogP contribution is 2.22. The molecule has 6 N–H and O–H groups in total. The topological polar surface area (TPSA) is 158 Å². The van der Waals surface area contributed by atoms with Gasteiger partial charge >= 0.3 is 5.97 Å². The van der Waals surface area contributed by atoms with Crippen molar-refractivity contribution >= 4 is 46.4 Å². The van der Waals surface area contributed by atoms with Crippen molar-refractivity contribution < 1.29 is 24.3 Å².